The van der Waals surface area contributed by atoms with Gasteiger partial charge in [-0.2, -0.15) is 0 Å². The summed E-state index contributed by atoms with van der Waals surface area (Å²) >= 11 is 0. The summed E-state index contributed by atoms with van der Waals surface area (Å²) in [6.07, 6.45) is 1.08. The molecule has 2 N–H and O–H groups in total. The number of carbonyl (C=O) groups is 1. The highest BCUT2D eigenvalue weighted by Crippen LogP contribution is 2.24. The van der Waals surface area contributed by atoms with E-state index in [-0.39, 0.29) is 16.1 Å². The van der Waals surface area contributed by atoms with Crippen LogP contribution in [0.4, 0.5) is 5.69 Å². The third kappa shape index (κ3) is 4.01. The maximum Gasteiger partial charge on any atom is 0.269 e. The third-order valence-electron chi connectivity index (χ3n) is 3.30. The molecule has 0 aliphatic carbocycles. The number of hydrogen-bond donors (Lipinski definition) is 1. The second kappa shape index (κ2) is 7.14. The fourth-order valence-electron chi connectivity index (χ4n) is 2.01. The van der Waals surface area contributed by atoms with Gasteiger partial charge in [0, 0.05) is 12.1 Å². The van der Waals surface area contributed by atoms with Crippen molar-refractivity contribution in [2.45, 2.75) is 4.90 Å². The van der Waals surface area contributed by atoms with Crippen LogP contribution in [-0.4, -0.2) is 26.4 Å². The summed E-state index contributed by atoms with van der Waals surface area (Å²) in [5.74, 6) is -0.673. The summed E-state index contributed by atoms with van der Waals surface area (Å²) in [4.78, 5) is 21.0. The van der Waals surface area contributed by atoms with E-state index in [1.165, 1.54) is 55.6 Å². The number of hydrogen-bond acceptors (Lipinski definition) is 6. The van der Waals surface area contributed by atoms with Crippen LogP contribution in [0.3, 0.4) is 0 Å². The number of nitrogens with two attached hydrogens (primary N) is 1. The zero-order valence-electron chi connectivity index (χ0n) is 13.1. The largest absolute Gasteiger partial charge is 0.497 e. The number of primary amides is 1. The van der Waals surface area contributed by atoms with E-state index in [4.69, 9.17) is 10.5 Å². The zero-order chi connectivity index (χ0) is 18.6. The van der Waals surface area contributed by atoms with Crippen molar-refractivity contribution in [1.29, 1.82) is 0 Å². The molecule has 0 aliphatic rings. The molecular weight excluding hydrogens is 348 g/mol. The molecule has 0 unspecified atom stereocenters. The SMILES string of the molecule is COc1ccc(S(=O)(=O)/C(=C/c2ccc([N+](=O)[O-])cc2)C(N)=O)cc1. The van der Waals surface area contributed by atoms with E-state index >= 15 is 0 Å². The highest BCUT2D eigenvalue weighted by molar-refractivity contribution is 7.96. The minimum Gasteiger partial charge on any atom is -0.497 e. The van der Waals surface area contributed by atoms with Crippen molar-refractivity contribution in [3.63, 3.8) is 0 Å². The molecule has 0 bridgehead atoms. The van der Waals surface area contributed by atoms with Crippen molar-refractivity contribution in [2.24, 2.45) is 5.73 Å². The van der Waals surface area contributed by atoms with Gasteiger partial charge in [-0.05, 0) is 48.0 Å². The lowest BCUT2D eigenvalue weighted by Gasteiger charge is -2.07. The molecule has 25 heavy (non-hydrogen) atoms. The summed E-state index contributed by atoms with van der Waals surface area (Å²) in [6.45, 7) is 0. The lowest BCUT2D eigenvalue weighted by Crippen LogP contribution is -2.21. The Kier molecular flexibility index (Phi) is 5.18. The van der Waals surface area contributed by atoms with Crippen LogP contribution in [0.2, 0.25) is 0 Å². The van der Waals surface area contributed by atoms with E-state index in [0.717, 1.165) is 6.08 Å². The Labute approximate surface area is 143 Å². The van der Waals surface area contributed by atoms with E-state index < -0.39 is 25.6 Å². The predicted octanol–water partition coefficient (Wildman–Crippen LogP) is 1.90. The standard InChI is InChI=1S/C16H14N2O6S/c1-24-13-6-8-14(9-7-13)25(22,23)15(16(17)19)10-11-2-4-12(5-3-11)18(20)21/h2-10H,1H3,(H2,17,19)/b15-10+. The number of rotatable bonds is 6. The highest BCUT2D eigenvalue weighted by Gasteiger charge is 2.25. The zero-order valence-corrected chi connectivity index (χ0v) is 13.9. The van der Waals surface area contributed by atoms with Gasteiger partial charge in [0.25, 0.3) is 11.6 Å². The Morgan fingerprint density at radius 3 is 2.12 bits per heavy atom. The number of sulfone groups is 1. The number of nitro groups is 1. The molecule has 0 fully saturated rings. The average molecular weight is 362 g/mol. The third-order valence-corrected chi connectivity index (χ3v) is 5.09. The summed E-state index contributed by atoms with van der Waals surface area (Å²) in [5, 5.41) is 10.6. The molecular formula is C16H14N2O6S. The second-order valence-electron chi connectivity index (χ2n) is 4.90. The normalized spacial score (nSPS) is 11.8. The summed E-state index contributed by atoms with van der Waals surface area (Å²) in [5.41, 5.74) is 5.35. The first kappa shape index (κ1) is 18.1. The van der Waals surface area contributed by atoms with Gasteiger partial charge >= 0.3 is 0 Å². The molecule has 2 aromatic carbocycles. The van der Waals surface area contributed by atoms with Crippen LogP contribution in [0.15, 0.2) is 58.3 Å². The lowest BCUT2D eigenvalue weighted by atomic mass is 10.2. The molecule has 0 saturated heterocycles. The Balaban J connectivity index is 2.48. The number of methoxy groups -OCH3 is 1. The molecule has 2 rings (SSSR count). The second-order valence-corrected chi connectivity index (χ2v) is 6.82. The van der Waals surface area contributed by atoms with Crippen molar-refractivity contribution in [3.05, 3.63) is 69.1 Å². The molecule has 130 valence electrons. The molecule has 9 heteroatoms. The van der Waals surface area contributed by atoms with E-state index in [2.05, 4.69) is 0 Å². The monoisotopic (exact) mass is 362 g/mol. The van der Waals surface area contributed by atoms with Crippen molar-refractivity contribution >= 4 is 27.5 Å². The summed E-state index contributed by atoms with van der Waals surface area (Å²) < 4.78 is 30.2. The van der Waals surface area contributed by atoms with Gasteiger partial charge in [0.2, 0.25) is 9.84 Å². The molecule has 0 radical (unpaired) electrons. The van der Waals surface area contributed by atoms with Crippen LogP contribution >= 0.6 is 0 Å². The molecule has 0 heterocycles. The molecule has 0 aromatic heterocycles. The first-order valence-corrected chi connectivity index (χ1v) is 8.39. The topological polar surface area (TPSA) is 130 Å². The quantitative estimate of drug-likeness (QED) is 0.474. The number of ether oxygens (including phenoxy) is 1. The Morgan fingerprint density at radius 1 is 1.12 bits per heavy atom. The lowest BCUT2D eigenvalue weighted by molar-refractivity contribution is -0.384. The molecule has 0 aliphatic heterocycles. The summed E-state index contributed by atoms with van der Waals surface area (Å²) in [7, 11) is -2.72. The minimum atomic E-state index is -4.15. The van der Waals surface area contributed by atoms with Gasteiger partial charge in [0.15, 0.2) is 0 Å². The van der Waals surface area contributed by atoms with Gasteiger partial charge in [-0.1, -0.05) is 0 Å². The van der Waals surface area contributed by atoms with Gasteiger partial charge < -0.3 is 10.5 Å². The average Bonchev–Trinajstić information content (AvgIpc) is 2.59. The van der Waals surface area contributed by atoms with E-state index in [9.17, 15) is 23.3 Å². The van der Waals surface area contributed by atoms with E-state index in [0.29, 0.717) is 5.75 Å². The molecule has 2 aromatic rings. The van der Waals surface area contributed by atoms with Crippen molar-refractivity contribution in [2.75, 3.05) is 7.11 Å². The first-order valence-electron chi connectivity index (χ1n) is 6.91. The van der Waals surface area contributed by atoms with Gasteiger partial charge in [-0.3, -0.25) is 14.9 Å². The number of amides is 1. The number of nitrogens with zero attached hydrogens (tertiary/aromatic N) is 1. The van der Waals surface area contributed by atoms with Gasteiger partial charge in [-0.25, -0.2) is 8.42 Å². The molecule has 8 nitrogen and oxygen atoms in total. The van der Waals surface area contributed by atoms with E-state index in [1.54, 1.807) is 0 Å². The summed E-state index contributed by atoms with van der Waals surface area (Å²) in [6, 6.07) is 10.5. The van der Waals surface area contributed by atoms with Gasteiger partial charge in [0.05, 0.1) is 16.9 Å². The Morgan fingerprint density at radius 2 is 1.68 bits per heavy atom. The van der Waals surface area contributed by atoms with Gasteiger partial charge in [0.1, 0.15) is 10.7 Å². The minimum absolute atomic E-state index is 0.125. The molecule has 0 saturated carbocycles. The molecule has 0 atom stereocenters. The number of benzene rings is 2. The number of nitro benzene ring substituents is 1. The van der Waals surface area contributed by atoms with Gasteiger partial charge in [-0.15, -0.1) is 0 Å². The van der Waals surface area contributed by atoms with Crippen LogP contribution in [-0.2, 0) is 14.6 Å². The van der Waals surface area contributed by atoms with Crippen LogP contribution in [0, 0.1) is 10.1 Å². The molecule has 0 spiro atoms. The van der Waals surface area contributed by atoms with Crippen LogP contribution in [0.25, 0.3) is 6.08 Å². The highest BCUT2D eigenvalue weighted by atomic mass is 32.2. The fraction of sp³-hybridized carbons (Fsp3) is 0.0625. The fourth-order valence-corrected chi connectivity index (χ4v) is 3.31. The van der Waals surface area contributed by atoms with Crippen molar-refractivity contribution in [1.82, 2.24) is 0 Å². The van der Waals surface area contributed by atoms with Crippen LogP contribution in [0.1, 0.15) is 5.56 Å². The van der Waals surface area contributed by atoms with E-state index in [1.807, 2.05) is 0 Å². The Bertz CT molecular complexity index is 932. The van der Waals surface area contributed by atoms with Crippen LogP contribution in [0.5, 0.6) is 5.75 Å². The maximum absolute atomic E-state index is 12.6. The number of carbonyl (C=O) groups excluding carboxylic acids is 1. The first-order chi connectivity index (χ1) is 11.8. The molecule has 1 amide bonds. The Hall–Kier alpha value is -3.20. The van der Waals surface area contributed by atoms with Crippen LogP contribution < -0.4 is 10.5 Å². The van der Waals surface area contributed by atoms with Crippen molar-refractivity contribution in [3.8, 4) is 5.75 Å². The smallest absolute Gasteiger partial charge is 0.269 e. The predicted molar refractivity (Wildman–Crippen MR) is 90.4 cm³/mol. The number of non-ortho nitro benzene ring substituents is 1. The van der Waals surface area contributed by atoms with Crippen molar-refractivity contribution < 1.29 is 22.9 Å². The maximum atomic E-state index is 12.6.